The van der Waals surface area contributed by atoms with Gasteiger partial charge in [0.25, 0.3) is 11.1 Å². The first-order valence-corrected chi connectivity index (χ1v) is 35.1. The molecule has 2 aliphatic carbocycles. The van der Waals surface area contributed by atoms with Gasteiger partial charge in [-0.25, -0.2) is 0 Å². The Labute approximate surface area is 536 Å². The highest BCUT2D eigenvalue weighted by Gasteiger charge is 2.32. The molecule has 3 aliphatic heterocycles. The van der Waals surface area contributed by atoms with Gasteiger partial charge >= 0.3 is 11.9 Å². The molecule has 0 spiro atoms. The molecule has 0 amide bonds. The number of anilines is 2. The van der Waals surface area contributed by atoms with E-state index in [0.29, 0.717) is 47.6 Å². The Morgan fingerprint density at radius 2 is 0.833 bits per heavy atom. The minimum atomic E-state index is -0.218. The Kier molecular flexibility index (Phi) is 20.4. The zero-order valence-corrected chi connectivity index (χ0v) is 53.8. The predicted octanol–water partition coefficient (Wildman–Crippen LogP) is 11.6. The summed E-state index contributed by atoms with van der Waals surface area (Å²) in [5.41, 5.74) is 3.70. The molecule has 13 rings (SSSR count). The normalized spacial score (nSPS) is 20.9. The number of aromatic nitrogens is 2. The maximum Gasteiger partial charge on any atom is 0.310 e. The fourth-order valence-corrected chi connectivity index (χ4v) is 16.3. The molecule has 476 valence electrons. The number of ether oxygens (including phenoxy) is 4. The van der Waals surface area contributed by atoms with Crippen molar-refractivity contribution in [2.45, 2.75) is 90.5 Å². The molecule has 0 bridgehead atoms. The van der Waals surface area contributed by atoms with Gasteiger partial charge < -0.3 is 38.5 Å². The van der Waals surface area contributed by atoms with Crippen molar-refractivity contribution < 1.29 is 28.5 Å². The number of thiophene rings is 2. The Morgan fingerprint density at radius 3 is 1.26 bits per heavy atom. The third-order valence-electron chi connectivity index (χ3n) is 20.1. The fraction of sp³-hybridized carbons (Fsp3) is 0.500. The average Bonchev–Trinajstić information content (AvgIpc) is 1.55. The monoisotopic (exact) mass is 1260 g/mol. The molecule has 0 unspecified atom stereocenters. The molecule has 0 atom stereocenters. The second-order valence-electron chi connectivity index (χ2n) is 25.8. The molecule has 90 heavy (non-hydrogen) atoms. The lowest BCUT2D eigenvalue weighted by Gasteiger charge is -2.39. The van der Waals surface area contributed by atoms with Gasteiger partial charge in [-0.1, -0.05) is 12.1 Å². The van der Waals surface area contributed by atoms with E-state index in [9.17, 15) is 19.2 Å². The van der Waals surface area contributed by atoms with Crippen molar-refractivity contribution in [2.24, 2.45) is 23.7 Å². The second-order valence-corrected chi connectivity index (χ2v) is 27.7. The van der Waals surface area contributed by atoms with Crippen LogP contribution in [0, 0.1) is 23.7 Å². The standard InChI is InChI=1S/C72H88N8O8S2/c81-69-25-21-55-19-23-59(85-43-3-1-29-73-35-39-77(40-36-73)63-7-5-9-67-61(63)27-45-89-67)47-65(55)79(69)51-87-71(83)57-15-11-53(12-16-57)49-75-31-33-76(34-32-75)50-54-13-17-58(18-14-54)72(84)88-52-80-66-48-60(24-20-56(66)22-26-70(80)82)86-44-4-2-30-74-37-41-78(42-38-74)64-8-6-10-68-62(64)28-46-90-68/h5-10,19-28,45-48,53-54,57-58H,1-4,11-18,29-44,49-52H2. The van der Waals surface area contributed by atoms with Gasteiger partial charge in [-0.15, -0.1) is 22.7 Å². The van der Waals surface area contributed by atoms with E-state index in [1.54, 1.807) is 43.9 Å². The van der Waals surface area contributed by atoms with Crippen molar-refractivity contribution in [3.63, 3.8) is 0 Å². The van der Waals surface area contributed by atoms with Gasteiger partial charge in [0.1, 0.15) is 11.5 Å². The number of piperazine rings is 3. The van der Waals surface area contributed by atoms with E-state index in [4.69, 9.17) is 18.9 Å². The van der Waals surface area contributed by atoms with E-state index in [0.717, 1.165) is 193 Å². The maximum absolute atomic E-state index is 13.5. The summed E-state index contributed by atoms with van der Waals surface area (Å²) >= 11 is 3.61. The first kappa shape index (κ1) is 62.0. The van der Waals surface area contributed by atoms with Crippen molar-refractivity contribution in [3.05, 3.63) is 141 Å². The molecule has 16 nitrogen and oxygen atoms in total. The Bertz CT molecular complexity index is 3580. The molecule has 2 saturated carbocycles. The van der Waals surface area contributed by atoms with Gasteiger partial charge in [-0.05, 0) is 196 Å². The van der Waals surface area contributed by atoms with E-state index in [1.807, 2.05) is 48.5 Å². The second kappa shape index (κ2) is 29.7. The Hall–Kier alpha value is -6.80. The molecule has 0 N–H and O–H groups in total. The van der Waals surface area contributed by atoms with Gasteiger partial charge in [0.15, 0.2) is 13.5 Å². The Balaban J connectivity index is 0.479. The smallest absolute Gasteiger partial charge is 0.310 e. The van der Waals surface area contributed by atoms with Crippen molar-refractivity contribution in [1.82, 2.24) is 28.7 Å². The lowest BCUT2D eigenvalue weighted by molar-refractivity contribution is -0.154. The fourth-order valence-electron chi connectivity index (χ4n) is 14.7. The van der Waals surface area contributed by atoms with E-state index in [1.165, 1.54) is 31.5 Å². The van der Waals surface area contributed by atoms with Crippen LogP contribution in [0.1, 0.15) is 77.0 Å². The van der Waals surface area contributed by atoms with Crippen LogP contribution in [-0.2, 0) is 32.5 Å². The largest absolute Gasteiger partial charge is 0.494 e. The summed E-state index contributed by atoms with van der Waals surface area (Å²) in [6.07, 6.45) is 11.2. The van der Waals surface area contributed by atoms with Crippen LogP contribution in [0.15, 0.2) is 130 Å². The van der Waals surface area contributed by atoms with Gasteiger partial charge in [0, 0.05) is 147 Å². The molecule has 8 aromatic rings. The number of carbonyl (C=O) groups excluding carboxylic acids is 2. The number of nitrogens with zero attached hydrogens (tertiary/aromatic N) is 8. The van der Waals surface area contributed by atoms with Gasteiger partial charge in [0.05, 0.1) is 36.1 Å². The third kappa shape index (κ3) is 15.2. The van der Waals surface area contributed by atoms with E-state index in [2.05, 4.69) is 88.7 Å². The third-order valence-corrected chi connectivity index (χ3v) is 21.9. The quantitative estimate of drug-likeness (QED) is 0.0419. The number of unbranched alkanes of at least 4 members (excludes halogenated alkanes) is 2. The van der Waals surface area contributed by atoms with Gasteiger partial charge in [0.2, 0.25) is 0 Å². The zero-order valence-electron chi connectivity index (χ0n) is 52.1. The molecular weight excluding hydrogens is 1170 g/mol. The van der Waals surface area contributed by atoms with Crippen LogP contribution < -0.4 is 30.4 Å². The molecule has 18 heteroatoms. The molecule has 4 aromatic heterocycles. The lowest BCUT2D eigenvalue weighted by Crippen LogP contribution is -2.49. The summed E-state index contributed by atoms with van der Waals surface area (Å²) in [5.74, 6) is 1.77. The van der Waals surface area contributed by atoms with E-state index >= 15 is 0 Å². The number of esters is 2. The summed E-state index contributed by atoms with van der Waals surface area (Å²) in [5, 5.41) is 8.87. The van der Waals surface area contributed by atoms with Crippen LogP contribution in [0.5, 0.6) is 11.5 Å². The minimum Gasteiger partial charge on any atom is -0.494 e. The number of pyridine rings is 2. The molecule has 3 saturated heterocycles. The lowest BCUT2D eigenvalue weighted by atomic mass is 9.81. The highest BCUT2D eigenvalue weighted by Crippen LogP contribution is 2.36. The Morgan fingerprint density at radius 1 is 0.433 bits per heavy atom. The minimum absolute atomic E-state index is 0.115. The number of fused-ring (bicyclic) bond motifs is 4. The average molecular weight is 1260 g/mol. The number of carbonyl (C=O) groups is 2. The highest BCUT2D eigenvalue weighted by molar-refractivity contribution is 7.17. The molecule has 5 fully saturated rings. The van der Waals surface area contributed by atoms with E-state index in [-0.39, 0.29) is 48.4 Å². The van der Waals surface area contributed by atoms with Crippen molar-refractivity contribution >= 4 is 88.0 Å². The van der Waals surface area contributed by atoms with Gasteiger partial charge in [-0.3, -0.25) is 38.1 Å². The summed E-state index contributed by atoms with van der Waals surface area (Å²) in [6, 6.07) is 36.1. The molecule has 4 aromatic carbocycles. The van der Waals surface area contributed by atoms with Crippen LogP contribution in [0.25, 0.3) is 42.0 Å². The van der Waals surface area contributed by atoms with Crippen molar-refractivity contribution in [2.75, 3.05) is 128 Å². The highest BCUT2D eigenvalue weighted by atomic mass is 32.1. The predicted molar refractivity (Wildman–Crippen MR) is 363 cm³/mol. The summed E-state index contributed by atoms with van der Waals surface area (Å²) in [4.78, 5) is 68.7. The number of hydrogen-bond acceptors (Lipinski definition) is 16. The first-order chi connectivity index (χ1) is 44.2. The topological polar surface area (TPSA) is 134 Å². The number of rotatable bonds is 24. The molecule has 5 aliphatic rings. The van der Waals surface area contributed by atoms with Crippen LogP contribution in [0.2, 0.25) is 0 Å². The van der Waals surface area contributed by atoms with Crippen LogP contribution >= 0.6 is 22.7 Å². The first-order valence-electron chi connectivity index (χ1n) is 33.4. The van der Waals surface area contributed by atoms with E-state index < -0.39 is 0 Å². The molecule has 7 heterocycles. The van der Waals surface area contributed by atoms with Crippen molar-refractivity contribution in [3.8, 4) is 11.5 Å². The summed E-state index contributed by atoms with van der Waals surface area (Å²) < 4.78 is 30.0. The van der Waals surface area contributed by atoms with Gasteiger partial charge in [-0.2, -0.15) is 0 Å². The van der Waals surface area contributed by atoms with Crippen LogP contribution in [0.4, 0.5) is 11.4 Å². The number of hydrogen-bond donors (Lipinski definition) is 0. The molecular formula is C72H88N8O8S2. The maximum atomic E-state index is 13.5. The summed E-state index contributed by atoms with van der Waals surface area (Å²) in [7, 11) is 0. The van der Waals surface area contributed by atoms with Crippen LogP contribution in [-0.4, -0.2) is 159 Å². The van der Waals surface area contributed by atoms with Crippen LogP contribution in [0.3, 0.4) is 0 Å². The van der Waals surface area contributed by atoms with Crippen molar-refractivity contribution in [1.29, 1.82) is 0 Å². The zero-order chi connectivity index (χ0) is 61.2. The SMILES string of the molecule is O=C(OCn1c(=O)ccc2ccc(OCCCCN3CCN(c4cccc5sccc45)CC3)cc21)C1CCC(CN2CCN(CC3CCC(C(=O)OCn4c(=O)ccc5ccc(OCCCCN6CCN(c7cccc8sccc78)CC6)cc54)CC3)CC2)CC1. The number of benzene rings is 4. The molecule has 0 radical (unpaired) electrons. The summed E-state index contributed by atoms with van der Waals surface area (Å²) in [6.45, 7) is 17.7.